The van der Waals surface area contributed by atoms with E-state index in [1.807, 2.05) is 0 Å². The van der Waals surface area contributed by atoms with Gasteiger partial charge in [-0.3, -0.25) is 4.79 Å². The normalized spacial score (nSPS) is 11.3. The molecule has 0 saturated heterocycles. The Bertz CT molecular complexity index is 547. The van der Waals surface area contributed by atoms with Gasteiger partial charge in [-0.15, -0.1) is 0 Å². The summed E-state index contributed by atoms with van der Waals surface area (Å²) in [5, 5.41) is 2.61. The number of carbonyl (C=O) groups is 1. The lowest BCUT2D eigenvalue weighted by molar-refractivity contribution is 0.0692. The van der Waals surface area contributed by atoms with Crippen molar-refractivity contribution in [3.05, 3.63) is 29.8 Å². The summed E-state index contributed by atoms with van der Waals surface area (Å²) in [7, 11) is 2.95. The topological polar surface area (TPSA) is 81.7 Å². The third-order valence-electron chi connectivity index (χ3n) is 2.34. The average Bonchev–Trinajstić information content (AvgIpc) is 2.41. The molecule has 1 aromatic carbocycles. The maximum absolute atomic E-state index is 11.8. The second-order valence-corrected chi connectivity index (χ2v) is 6.39. The Kier molecular flexibility index (Phi) is 6.94. The van der Waals surface area contributed by atoms with Gasteiger partial charge in [0.1, 0.15) is 0 Å². The number of methoxy groups -OCH3 is 1. The fraction of sp³-hybridized carbons (Fsp3) is 0.417. The summed E-state index contributed by atoms with van der Waals surface area (Å²) >= 11 is 0. The standard InChI is InChI=1S/C12H16ClNO5S/c1-18-7-8-19-6-5-14-12(15)10-3-2-4-11(9-10)20(13,16)17/h2-4,9H,5-8H2,1H3,(H,14,15). The second-order valence-electron chi connectivity index (χ2n) is 3.83. The van der Waals surface area contributed by atoms with E-state index in [0.29, 0.717) is 26.4 Å². The highest BCUT2D eigenvalue weighted by Gasteiger charge is 2.12. The molecule has 0 spiro atoms. The number of nitrogens with one attached hydrogen (secondary N) is 1. The largest absolute Gasteiger partial charge is 0.382 e. The molecule has 0 radical (unpaired) electrons. The minimum atomic E-state index is -3.84. The van der Waals surface area contributed by atoms with Crippen LogP contribution in [-0.2, 0) is 18.5 Å². The van der Waals surface area contributed by atoms with E-state index in [9.17, 15) is 13.2 Å². The molecule has 1 rings (SSSR count). The molecule has 0 aliphatic carbocycles. The monoisotopic (exact) mass is 321 g/mol. The van der Waals surface area contributed by atoms with E-state index in [1.54, 1.807) is 7.11 Å². The highest BCUT2D eigenvalue weighted by atomic mass is 35.7. The summed E-state index contributed by atoms with van der Waals surface area (Å²) < 4.78 is 32.3. The van der Waals surface area contributed by atoms with Crippen LogP contribution in [-0.4, -0.2) is 47.8 Å². The summed E-state index contributed by atoms with van der Waals surface area (Å²) in [5.41, 5.74) is 0.226. The number of halogens is 1. The highest BCUT2D eigenvalue weighted by Crippen LogP contribution is 2.15. The summed E-state index contributed by atoms with van der Waals surface area (Å²) in [6.45, 7) is 1.61. The SMILES string of the molecule is COCCOCCNC(=O)c1cccc(S(=O)(=O)Cl)c1. The first-order valence-electron chi connectivity index (χ1n) is 5.85. The zero-order chi connectivity index (χ0) is 15.0. The van der Waals surface area contributed by atoms with Crippen LogP contribution >= 0.6 is 10.7 Å². The third kappa shape index (κ3) is 5.87. The van der Waals surface area contributed by atoms with Gasteiger partial charge in [0.05, 0.1) is 24.7 Å². The predicted octanol–water partition coefficient (Wildman–Crippen LogP) is 1.01. The molecule has 0 heterocycles. The van der Waals surface area contributed by atoms with Crippen molar-refractivity contribution in [2.24, 2.45) is 0 Å². The van der Waals surface area contributed by atoms with Gasteiger partial charge in [0.2, 0.25) is 0 Å². The predicted molar refractivity (Wildman–Crippen MR) is 74.5 cm³/mol. The molecule has 0 aromatic heterocycles. The zero-order valence-corrected chi connectivity index (χ0v) is 12.5. The van der Waals surface area contributed by atoms with Crippen LogP contribution in [0.15, 0.2) is 29.2 Å². The molecule has 0 aliphatic heterocycles. The van der Waals surface area contributed by atoms with Gasteiger partial charge in [-0.2, -0.15) is 0 Å². The van der Waals surface area contributed by atoms with Crippen LogP contribution < -0.4 is 5.32 Å². The summed E-state index contributed by atoms with van der Waals surface area (Å²) in [5.74, 6) is -0.387. The molecule has 8 heteroatoms. The van der Waals surface area contributed by atoms with Gasteiger partial charge in [0, 0.05) is 29.9 Å². The Hall–Kier alpha value is -1.15. The van der Waals surface area contributed by atoms with Crippen molar-refractivity contribution in [1.29, 1.82) is 0 Å². The van der Waals surface area contributed by atoms with Crippen molar-refractivity contribution in [3.63, 3.8) is 0 Å². The van der Waals surface area contributed by atoms with Crippen LogP contribution in [0.2, 0.25) is 0 Å². The number of benzene rings is 1. The first-order chi connectivity index (χ1) is 9.45. The summed E-state index contributed by atoms with van der Waals surface area (Å²) in [4.78, 5) is 11.7. The van der Waals surface area contributed by atoms with Crippen molar-refractivity contribution in [3.8, 4) is 0 Å². The van der Waals surface area contributed by atoms with E-state index >= 15 is 0 Å². The Morgan fingerprint density at radius 2 is 2.05 bits per heavy atom. The maximum atomic E-state index is 11.8. The van der Waals surface area contributed by atoms with Crippen molar-refractivity contribution in [2.75, 3.05) is 33.5 Å². The van der Waals surface area contributed by atoms with Crippen LogP contribution in [0.25, 0.3) is 0 Å². The Labute approximate surface area is 122 Å². The lowest BCUT2D eigenvalue weighted by atomic mass is 10.2. The third-order valence-corrected chi connectivity index (χ3v) is 3.69. The Morgan fingerprint density at radius 1 is 1.30 bits per heavy atom. The molecule has 112 valence electrons. The minimum Gasteiger partial charge on any atom is -0.382 e. The lowest BCUT2D eigenvalue weighted by Crippen LogP contribution is -2.27. The van der Waals surface area contributed by atoms with Crippen LogP contribution in [0, 0.1) is 0 Å². The molecule has 0 saturated carbocycles. The van der Waals surface area contributed by atoms with Crippen LogP contribution in [0.4, 0.5) is 0 Å². The minimum absolute atomic E-state index is 0.108. The van der Waals surface area contributed by atoms with Crippen LogP contribution in [0.3, 0.4) is 0 Å². The molecule has 20 heavy (non-hydrogen) atoms. The van der Waals surface area contributed by atoms with E-state index in [2.05, 4.69) is 5.32 Å². The lowest BCUT2D eigenvalue weighted by Gasteiger charge is -2.07. The molecule has 6 nitrogen and oxygen atoms in total. The summed E-state index contributed by atoms with van der Waals surface area (Å²) in [6, 6.07) is 5.52. The van der Waals surface area contributed by atoms with Crippen molar-refractivity contribution in [1.82, 2.24) is 5.32 Å². The summed E-state index contributed by atoms with van der Waals surface area (Å²) in [6.07, 6.45) is 0. The molecule has 0 bridgehead atoms. The molecule has 0 aliphatic rings. The van der Waals surface area contributed by atoms with Gasteiger partial charge in [-0.25, -0.2) is 8.42 Å². The van der Waals surface area contributed by atoms with E-state index in [-0.39, 0.29) is 16.4 Å². The number of amides is 1. The van der Waals surface area contributed by atoms with Gasteiger partial charge >= 0.3 is 0 Å². The van der Waals surface area contributed by atoms with Crippen LogP contribution in [0.5, 0.6) is 0 Å². The molecule has 0 fully saturated rings. The average molecular weight is 322 g/mol. The van der Waals surface area contributed by atoms with Gasteiger partial charge in [0.25, 0.3) is 15.0 Å². The number of carbonyl (C=O) groups excluding carboxylic acids is 1. The molecule has 0 atom stereocenters. The van der Waals surface area contributed by atoms with E-state index in [0.717, 1.165) is 0 Å². The maximum Gasteiger partial charge on any atom is 0.261 e. The number of ether oxygens (including phenoxy) is 2. The van der Waals surface area contributed by atoms with Crippen molar-refractivity contribution < 1.29 is 22.7 Å². The van der Waals surface area contributed by atoms with E-state index in [1.165, 1.54) is 24.3 Å². The smallest absolute Gasteiger partial charge is 0.261 e. The molecule has 1 aromatic rings. The number of hydrogen-bond donors (Lipinski definition) is 1. The number of hydrogen-bond acceptors (Lipinski definition) is 5. The van der Waals surface area contributed by atoms with Gasteiger partial charge < -0.3 is 14.8 Å². The molecular weight excluding hydrogens is 306 g/mol. The fourth-order valence-corrected chi connectivity index (χ4v) is 2.17. The van der Waals surface area contributed by atoms with Crippen LogP contribution in [0.1, 0.15) is 10.4 Å². The van der Waals surface area contributed by atoms with Gasteiger partial charge in [-0.05, 0) is 18.2 Å². The molecule has 0 unspecified atom stereocenters. The molecule has 1 amide bonds. The van der Waals surface area contributed by atoms with E-state index < -0.39 is 9.05 Å². The van der Waals surface area contributed by atoms with E-state index in [4.69, 9.17) is 20.2 Å². The Morgan fingerprint density at radius 3 is 2.70 bits per heavy atom. The number of rotatable bonds is 8. The van der Waals surface area contributed by atoms with Crippen molar-refractivity contribution in [2.45, 2.75) is 4.90 Å². The highest BCUT2D eigenvalue weighted by molar-refractivity contribution is 8.13. The molecule has 1 N–H and O–H groups in total. The van der Waals surface area contributed by atoms with Crippen molar-refractivity contribution >= 4 is 25.6 Å². The van der Waals surface area contributed by atoms with Gasteiger partial charge in [-0.1, -0.05) is 6.07 Å². The zero-order valence-electron chi connectivity index (χ0n) is 11.0. The quantitative estimate of drug-likeness (QED) is 0.571. The first kappa shape index (κ1) is 16.9. The second kappa shape index (κ2) is 8.21. The van der Waals surface area contributed by atoms with Gasteiger partial charge in [0.15, 0.2) is 0 Å². The first-order valence-corrected chi connectivity index (χ1v) is 8.15. The molecular formula is C12H16ClNO5S. The fourth-order valence-electron chi connectivity index (χ4n) is 1.37. The Balaban J connectivity index is 2.48.